The Balaban J connectivity index is 1.46. The molecule has 2 N–H and O–H groups in total. The van der Waals surface area contributed by atoms with Gasteiger partial charge in [0.2, 0.25) is 10.0 Å². The number of benzene rings is 1. The van der Waals surface area contributed by atoms with Gasteiger partial charge in [-0.25, -0.2) is 8.42 Å². The van der Waals surface area contributed by atoms with Crippen molar-refractivity contribution in [2.45, 2.75) is 30.9 Å². The van der Waals surface area contributed by atoms with Gasteiger partial charge in [0, 0.05) is 26.2 Å². The number of carbonyl (C=O) groups is 2. The van der Waals surface area contributed by atoms with E-state index in [0.717, 1.165) is 31.6 Å². The number of hydrogen-bond donors (Lipinski definition) is 2. The first-order valence-corrected chi connectivity index (χ1v) is 12.4. The molecule has 2 fully saturated rings. The molecule has 2 aliphatic rings. The molecule has 0 radical (unpaired) electrons. The minimum atomic E-state index is -3.78. The summed E-state index contributed by atoms with van der Waals surface area (Å²) in [5, 5.41) is 5.10. The number of rotatable bonds is 8. The molecule has 1 aromatic carbocycles. The molecule has 2 heterocycles. The molecule has 2 amide bonds. The highest BCUT2D eigenvalue weighted by atomic mass is 32.2. The lowest BCUT2D eigenvalue weighted by Gasteiger charge is -2.34. The standard InChI is InChI=1S/C21H32N4O6S/c1-17-4-6-18(7-5-17)32(28,29)25-10-3-13-31-19(25)16-23-21(27)20(26)22-8-2-9-24-11-14-30-15-12-24/h4-7,19H,2-3,8-16H2,1H3,(H,22,26)(H,23,27)/t19-/m1/s1. The third-order valence-electron chi connectivity index (χ3n) is 5.47. The summed E-state index contributed by atoms with van der Waals surface area (Å²) in [5.74, 6) is -1.55. The van der Waals surface area contributed by atoms with Crippen LogP contribution in [0.2, 0.25) is 0 Å². The molecule has 3 rings (SSSR count). The fraction of sp³-hybridized carbons (Fsp3) is 0.619. The van der Waals surface area contributed by atoms with Crippen molar-refractivity contribution in [1.82, 2.24) is 19.8 Å². The number of aryl methyl sites for hydroxylation is 1. The first-order chi connectivity index (χ1) is 15.4. The molecule has 0 aromatic heterocycles. The fourth-order valence-corrected chi connectivity index (χ4v) is 5.18. The van der Waals surface area contributed by atoms with Crippen LogP contribution in [-0.2, 0) is 29.1 Å². The maximum absolute atomic E-state index is 13.0. The van der Waals surface area contributed by atoms with Gasteiger partial charge in [0.05, 0.1) is 31.3 Å². The van der Waals surface area contributed by atoms with E-state index in [4.69, 9.17) is 9.47 Å². The summed E-state index contributed by atoms with van der Waals surface area (Å²) in [6, 6.07) is 6.58. The van der Waals surface area contributed by atoms with Gasteiger partial charge in [-0.15, -0.1) is 0 Å². The summed E-state index contributed by atoms with van der Waals surface area (Å²) in [5.41, 5.74) is 0.957. The zero-order valence-corrected chi connectivity index (χ0v) is 19.2. The van der Waals surface area contributed by atoms with Crippen molar-refractivity contribution in [2.75, 3.05) is 59.1 Å². The van der Waals surface area contributed by atoms with E-state index >= 15 is 0 Å². The lowest BCUT2D eigenvalue weighted by atomic mass is 10.2. The highest BCUT2D eigenvalue weighted by molar-refractivity contribution is 7.89. The molecular formula is C21H32N4O6S. The second-order valence-electron chi connectivity index (χ2n) is 7.88. The Morgan fingerprint density at radius 2 is 1.72 bits per heavy atom. The van der Waals surface area contributed by atoms with Gasteiger partial charge in [-0.1, -0.05) is 17.7 Å². The number of hydrogen-bond acceptors (Lipinski definition) is 7. The zero-order chi connectivity index (χ0) is 23.0. The predicted octanol–water partition coefficient (Wildman–Crippen LogP) is -0.313. The van der Waals surface area contributed by atoms with Crippen molar-refractivity contribution >= 4 is 21.8 Å². The van der Waals surface area contributed by atoms with E-state index < -0.39 is 28.1 Å². The maximum atomic E-state index is 13.0. The van der Waals surface area contributed by atoms with Gasteiger partial charge in [0.1, 0.15) is 6.23 Å². The van der Waals surface area contributed by atoms with E-state index in [1.165, 1.54) is 4.31 Å². The Kier molecular flexibility index (Phi) is 9.00. The highest BCUT2D eigenvalue weighted by Crippen LogP contribution is 2.22. The second kappa shape index (κ2) is 11.7. The first kappa shape index (κ1) is 24.6. The highest BCUT2D eigenvalue weighted by Gasteiger charge is 2.34. The SMILES string of the molecule is Cc1ccc(S(=O)(=O)N2CCCO[C@@H]2CNC(=O)C(=O)NCCCN2CCOCC2)cc1. The number of carbonyl (C=O) groups excluding carboxylic acids is 2. The summed E-state index contributed by atoms with van der Waals surface area (Å²) in [4.78, 5) is 26.7. The number of nitrogens with one attached hydrogen (secondary N) is 2. The molecule has 32 heavy (non-hydrogen) atoms. The maximum Gasteiger partial charge on any atom is 0.309 e. The van der Waals surface area contributed by atoms with E-state index in [0.29, 0.717) is 32.8 Å². The third-order valence-corrected chi connectivity index (χ3v) is 7.37. The van der Waals surface area contributed by atoms with Crippen LogP contribution < -0.4 is 10.6 Å². The van der Waals surface area contributed by atoms with Gasteiger partial charge < -0.3 is 20.1 Å². The van der Waals surface area contributed by atoms with Crippen LogP contribution in [0.4, 0.5) is 0 Å². The van der Waals surface area contributed by atoms with Gasteiger partial charge in [-0.05, 0) is 38.4 Å². The topological polar surface area (TPSA) is 117 Å². The molecule has 0 bridgehead atoms. The summed E-state index contributed by atoms with van der Waals surface area (Å²) in [6.45, 7) is 6.83. The lowest BCUT2D eigenvalue weighted by molar-refractivity contribution is -0.140. The van der Waals surface area contributed by atoms with Crippen molar-refractivity contribution in [3.05, 3.63) is 29.8 Å². The Morgan fingerprint density at radius 1 is 1.03 bits per heavy atom. The van der Waals surface area contributed by atoms with Crippen LogP contribution in [0.3, 0.4) is 0 Å². The molecule has 0 aliphatic carbocycles. The fourth-order valence-electron chi connectivity index (χ4n) is 3.62. The molecule has 2 saturated heterocycles. The number of sulfonamides is 1. The monoisotopic (exact) mass is 468 g/mol. The summed E-state index contributed by atoms with van der Waals surface area (Å²) in [7, 11) is -3.78. The van der Waals surface area contributed by atoms with Crippen LogP contribution in [0.5, 0.6) is 0 Å². The third kappa shape index (κ3) is 6.72. The summed E-state index contributed by atoms with van der Waals surface area (Å²) >= 11 is 0. The van der Waals surface area contributed by atoms with Gasteiger partial charge in [0.15, 0.2) is 0 Å². The van der Waals surface area contributed by atoms with E-state index in [1.807, 2.05) is 6.92 Å². The summed E-state index contributed by atoms with van der Waals surface area (Å²) < 4.78 is 38.2. The van der Waals surface area contributed by atoms with Crippen LogP contribution in [0, 0.1) is 6.92 Å². The first-order valence-electron chi connectivity index (χ1n) is 10.9. The Hall–Kier alpha value is -2.05. The van der Waals surface area contributed by atoms with E-state index in [2.05, 4.69) is 15.5 Å². The van der Waals surface area contributed by atoms with Crippen molar-refractivity contribution in [2.24, 2.45) is 0 Å². The van der Waals surface area contributed by atoms with Gasteiger partial charge in [-0.3, -0.25) is 14.5 Å². The average Bonchev–Trinajstić information content (AvgIpc) is 2.81. The predicted molar refractivity (Wildman–Crippen MR) is 117 cm³/mol. The molecule has 1 aromatic rings. The van der Waals surface area contributed by atoms with Crippen LogP contribution in [0.1, 0.15) is 18.4 Å². The smallest absolute Gasteiger partial charge is 0.309 e. The molecule has 11 heteroatoms. The molecule has 0 saturated carbocycles. The van der Waals surface area contributed by atoms with Crippen molar-refractivity contribution in [1.29, 1.82) is 0 Å². The number of ether oxygens (including phenoxy) is 2. The normalized spacial score (nSPS) is 20.6. The molecule has 2 aliphatic heterocycles. The van der Waals surface area contributed by atoms with Crippen molar-refractivity contribution < 1.29 is 27.5 Å². The molecule has 0 unspecified atom stereocenters. The molecule has 178 valence electrons. The molecular weight excluding hydrogens is 436 g/mol. The summed E-state index contributed by atoms with van der Waals surface area (Å²) in [6.07, 6.45) is 0.417. The van der Waals surface area contributed by atoms with Crippen molar-refractivity contribution in [3.63, 3.8) is 0 Å². The average molecular weight is 469 g/mol. The second-order valence-corrected chi connectivity index (χ2v) is 9.77. The molecule has 0 spiro atoms. The van der Waals surface area contributed by atoms with E-state index in [-0.39, 0.29) is 18.0 Å². The minimum absolute atomic E-state index is 0.106. The van der Waals surface area contributed by atoms with Gasteiger partial charge in [0.25, 0.3) is 0 Å². The Labute approximate surface area is 189 Å². The Morgan fingerprint density at radius 3 is 2.44 bits per heavy atom. The lowest BCUT2D eigenvalue weighted by Crippen LogP contribution is -2.53. The molecule has 1 atom stereocenters. The Bertz CT molecular complexity index is 871. The van der Waals surface area contributed by atoms with Crippen LogP contribution >= 0.6 is 0 Å². The number of nitrogens with zero attached hydrogens (tertiary/aromatic N) is 2. The quantitative estimate of drug-likeness (QED) is 0.397. The van der Waals surface area contributed by atoms with Crippen LogP contribution in [0.15, 0.2) is 29.2 Å². The van der Waals surface area contributed by atoms with E-state index in [9.17, 15) is 18.0 Å². The number of morpholine rings is 1. The number of amides is 2. The largest absolute Gasteiger partial charge is 0.379 e. The van der Waals surface area contributed by atoms with Crippen molar-refractivity contribution in [3.8, 4) is 0 Å². The molecule has 10 nitrogen and oxygen atoms in total. The van der Waals surface area contributed by atoms with Gasteiger partial charge in [-0.2, -0.15) is 4.31 Å². The van der Waals surface area contributed by atoms with Gasteiger partial charge >= 0.3 is 11.8 Å². The zero-order valence-electron chi connectivity index (χ0n) is 18.4. The van der Waals surface area contributed by atoms with E-state index in [1.54, 1.807) is 24.3 Å². The van der Waals surface area contributed by atoms with Crippen LogP contribution in [0.25, 0.3) is 0 Å². The van der Waals surface area contributed by atoms with Crippen LogP contribution in [-0.4, -0.2) is 94.8 Å². The minimum Gasteiger partial charge on any atom is -0.379 e.